The summed E-state index contributed by atoms with van der Waals surface area (Å²) in [5.41, 5.74) is 0.183. The molecule has 1 aromatic carbocycles. The molecule has 0 amide bonds. The molecule has 1 rings (SSSR count). The minimum Gasteiger partial charge on any atom is -0.507 e. The molecular weight excluding hydrogens is 252 g/mol. The van der Waals surface area contributed by atoms with Crippen LogP contribution in [0.25, 0.3) is 5.76 Å². The predicted octanol–water partition coefficient (Wildman–Crippen LogP) is 1.65. The van der Waals surface area contributed by atoms with Gasteiger partial charge in [-0.1, -0.05) is 0 Å². The number of rotatable bonds is 6. The maximum absolute atomic E-state index is 11.0. The molecule has 6 nitrogen and oxygen atoms in total. The van der Waals surface area contributed by atoms with E-state index >= 15 is 0 Å². The van der Waals surface area contributed by atoms with Gasteiger partial charge in [-0.2, -0.15) is 0 Å². The second kappa shape index (κ2) is 6.44. The molecule has 19 heavy (non-hydrogen) atoms. The minimum absolute atomic E-state index is 0.183. The largest absolute Gasteiger partial charge is 0.507 e. The number of methoxy groups -OCH3 is 1. The van der Waals surface area contributed by atoms with Crippen LogP contribution in [0.5, 0.6) is 11.5 Å². The van der Waals surface area contributed by atoms with Gasteiger partial charge in [-0.05, 0) is 25.1 Å². The number of benzene rings is 1. The first kappa shape index (κ1) is 14.6. The van der Waals surface area contributed by atoms with Crippen LogP contribution in [0.15, 0.2) is 24.3 Å². The molecule has 6 heteroatoms. The van der Waals surface area contributed by atoms with E-state index in [2.05, 4.69) is 0 Å². The van der Waals surface area contributed by atoms with Crippen LogP contribution < -0.4 is 9.47 Å². The van der Waals surface area contributed by atoms with E-state index in [0.29, 0.717) is 24.2 Å². The summed E-state index contributed by atoms with van der Waals surface area (Å²) in [5.74, 6) is -2.59. The zero-order valence-electron chi connectivity index (χ0n) is 10.5. The van der Waals surface area contributed by atoms with Crippen molar-refractivity contribution in [2.45, 2.75) is 6.92 Å². The molecule has 0 saturated carbocycles. The molecule has 1 aromatic rings. The van der Waals surface area contributed by atoms with E-state index in [9.17, 15) is 14.7 Å². The van der Waals surface area contributed by atoms with Gasteiger partial charge < -0.3 is 19.7 Å². The van der Waals surface area contributed by atoms with E-state index in [4.69, 9.17) is 14.6 Å². The third kappa shape index (κ3) is 3.74. The van der Waals surface area contributed by atoms with Crippen LogP contribution in [0.3, 0.4) is 0 Å². The second-order valence-corrected chi connectivity index (χ2v) is 3.49. The molecule has 0 aliphatic heterocycles. The monoisotopic (exact) mass is 266 g/mol. The summed E-state index contributed by atoms with van der Waals surface area (Å²) in [7, 11) is 1.39. The lowest BCUT2D eigenvalue weighted by molar-refractivity contribution is -0.146. The van der Waals surface area contributed by atoms with Crippen LogP contribution >= 0.6 is 0 Å². The summed E-state index contributed by atoms with van der Waals surface area (Å²) in [6.07, 6.45) is 0.621. The highest BCUT2D eigenvalue weighted by molar-refractivity contribution is 6.38. The molecule has 2 N–H and O–H groups in total. The Morgan fingerprint density at radius 1 is 1.32 bits per heavy atom. The van der Waals surface area contributed by atoms with Crippen LogP contribution in [-0.4, -0.2) is 35.7 Å². The molecule has 0 radical (unpaired) electrons. The number of carboxylic acids is 1. The molecule has 0 aliphatic carbocycles. The van der Waals surface area contributed by atoms with Crippen molar-refractivity contribution in [3.8, 4) is 11.5 Å². The fraction of sp³-hybridized carbons (Fsp3) is 0.231. The van der Waals surface area contributed by atoms with Crippen molar-refractivity contribution < 1.29 is 29.3 Å². The van der Waals surface area contributed by atoms with Crippen molar-refractivity contribution >= 4 is 17.5 Å². The Labute approximate surface area is 109 Å². The quantitative estimate of drug-likeness (QED) is 0.462. The molecule has 0 spiro atoms. The number of aliphatic hydroxyl groups excluding tert-OH is 1. The van der Waals surface area contributed by atoms with Gasteiger partial charge in [0.15, 0.2) is 0 Å². The highest BCUT2D eigenvalue weighted by atomic mass is 16.5. The van der Waals surface area contributed by atoms with E-state index in [0.717, 1.165) is 0 Å². The Balaban J connectivity index is 3.18. The SMILES string of the molecule is CCOc1ccc(OC)c(/C(O)=C/C(=O)C(=O)O)c1. The third-order valence-corrected chi connectivity index (χ3v) is 2.24. The normalized spacial score (nSPS) is 10.9. The van der Waals surface area contributed by atoms with E-state index in [1.807, 2.05) is 0 Å². The number of aliphatic hydroxyl groups is 1. The molecule has 0 aliphatic rings. The van der Waals surface area contributed by atoms with Gasteiger partial charge >= 0.3 is 5.97 Å². The van der Waals surface area contributed by atoms with Gasteiger partial charge in [0.2, 0.25) is 0 Å². The molecule has 0 atom stereocenters. The summed E-state index contributed by atoms with van der Waals surface area (Å²) in [6.45, 7) is 2.23. The van der Waals surface area contributed by atoms with Crippen LogP contribution in [-0.2, 0) is 9.59 Å². The van der Waals surface area contributed by atoms with Gasteiger partial charge in [-0.3, -0.25) is 4.79 Å². The van der Waals surface area contributed by atoms with E-state index < -0.39 is 17.5 Å². The van der Waals surface area contributed by atoms with Gasteiger partial charge in [-0.25, -0.2) is 4.79 Å². The van der Waals surface area contributed by atoms with Gasteiger partial charge in [-0.15, -0.1) is 0 Å². The average Bonchev–Trinajstić information content (AvgIpc) is 2.38. The number of ether oxygens (including phenoxy) is 2. The van der Waals surface area contributed by atoms with Crippen LogP contribution in [0.2, 0.25) is 0 Å². The smallest absolute Gasteiger partial charge is 0.376 e. The molecule has 0 aromatic heterocycles. The number of hydrogen-bond donors (Lipinski definition) is 2. The van der Waals surface area contributed by atoms with Gasteiger partial charge in [0, 0.05) is 6.08 Å². The Hall–Kier alpha value is -2.50. The van der Waals surface area contributed by atoms with Crippen LogP contribution in [0.1, 0.15) is 12.5 Å². The summed E-state index contributed by atoms with van der Waals surface area (Å²) in [4.78, 5) is 21.5. The number of ketones is 1. The zero-order valence-corrected chi connectivity index (χ0v) is 10.5. The molecular formula is C13H14O6. The maximum atomic E-state index is 11.0. The predicted molar refractivity (Wildman–Crippen MR) is 67.4 cm³/mol. The van der Waals surface area contributed by atoms with Crippen LogP contribution in [0.4, 0.5) is 0 Å². The number of aliphatic carboxylic acids is 1. The summed E-state index contributed by atoms with van der Waals surface area (Å²) < 4.78 is 10.3. The highest BCUT2D eigenvalue weighted by Gasteiger charge is 2.14. The number of carbonyl (C=O) groups excluding carboxylic acids is 1. The van der Waals surface area contributed by atoms with Crippen molar-refractivity contribution in [1.29, 1.82) is 0 Å². The first-order valence-corrected chi connectivity index (χ1v) is 5.48. The molecule has 0 saturated heterocycles. The van der Waals surface area contributed by atoms with E-state index in [1.165, 1.54) is 13.2 Å². The lowest BCUT2D eigenvalue weighted by Gasteiger charge is -2.10. The van der Waals surface area contributed by atoms with Crippen molar-refractivity contribution in [2.24, 2.45) is 0 Å². The summed E-state index contributed by atoms with van der Waals surface area (Å²) in [6, 6.07) is 4.65. The van der Waals surface area contributed by atoms with Gasteiger partial charge in [0.25, 0.3) is 5.78 Å². The number of carboxylic acid groups (broad SMARTS) is 1. The minimum atomic E-state index is -1.65. The topological polar surface area (TPSA) is 93.1 Å². The summed E-state index contributed by atoms with van der Waals surface area (Å²) in [5, 5.41) is 18.3. The lowest BCUT2D eigenvalue weighted by Crippen LogP contribution is -2.09. The zero-order chi connectivity index (χ0) is 14.4. The molecule has 102 valence electrons. The molecule has 0 bridgehead atoms. The third-order valence-electron chi connectivity index (χ3n) is 2.24. The lowest BCUT2D eigenvalue weighted by atomic mass is 10.1. The average molecular weight is 266 g/mol. The molecule has 0 unspecified atom stereocenters. The number of hydrogen-bond acceptors (Lipinski definition) is 5. The van der Waals surface area contributed by atoms with E-state index in [-0.39, 0.29) is 5.56 Å². The molecule has 0 heterocycles. The van der Waals surface area contributed by atoms with Crippen molar-refractivity contribution in [2.75, 3.05) is 13.7 Å². The Morgan fingerprint density at radius 3 is 2.53 bits per heavy atom. The maximum Gasteiger partial charge on any atom is 0.376 e. The van der Waals surface area contributed by atoms with Gasteiger partial charge in [0.05, 0.1) is 19.3 Å². The first-order valence-electron chi connectivity index (χ1n) is 5.48. The standard InChI is InChI=1S/C13H14O6/c1-3-19-8-4-5-12(18-2)9(6-8)10(14)7-11(15)13(16)17/h4-7,14H,3H2,1-2H3,(H,16,17)/b10-7-. The fourth-order valence-electron chi connectivity index (χ4n) is 1.41. The Kier molecular flexibility index (Phi) is 4.93. The van der Waals surface area contributed by atoms with Crippen molar-refractivity contribution in [1.82, 2.24) is 0 Å². The first-order chi connectivity index (χ1) is 8.99. The summed E-state index contributed by atoms with van der Waals surface area (Å²) >= 11 is 0. The molecule has 0 fully saturated rings. The highest BCUT2D eigenvalue weighted by Crippen LogP contribution is 2.28. The fourth-order valence-corrected chi connectivity index (χ4v) is 1.41. The van der Waals surface area contributed by atoms with Crippen molar-refractivity contribution in [3.05, 3.63) is 29.8 Å². The van der Waals surface area contributed by atoms with Gasteiger partial charge in [0.1, 0.15) is 17.3 Å². The van der Waals surface area contributed by atoms with E-state index in [1.54, 1.807) is 19.1 Å². The number of carbonyl (C=O) groups is 2. The van der Waals surface area contributed by atoms with Crippen molar-refractivity contribution in [3.63, 3.8) is 0 Å². The second-order valence-electron chi connectivity index (χ2n) is 3.49. The Morgan fingerprint density at radius 2 is 2.00 bits per heavy atom. The Bertz CT molecular complexity index is 518. The van der Waals surface area contributed by atoms with Crippen LogP contribution in [0, 0.1) is 0 Å².